The molecule has 0 aliphatic carbocycles. The van der Waals surface area contributed by atoms with E-state index < -0.39 is 24.2 Å². The third-order valence-electron chi connectivity index (χ3n) is 3.50. The van der Waals surface area contributed by atoms with Crippen LogP contribution in [0.5, 0.6) is 0 Å². The number of esters is 3. The van der Waals surface area contributed by atoms with Crippen LogP contribution >= 0.6 is 0 Å². The number of ether oxygens (including phenoxy) is 2. The van der Waals surface area contributed by atoms with E-state index in [0.29, 0.717) is 16.3 Å². The number of cyclic esters (lactones) is 3. The van der Waals surface area contributed by atoms with Gasteiger partial charge in [-0.15, -0.1) is 0 Å². The lowest BCUT2D eigenvalue weighted by atomic mass is 9.96. The van der Waals surface area contributed by atoms with Gasteiger partial charge < -0.3 is 14.6 Å². The Morgan fingerprint density at radius 1 is 0.950 bits per heavy atom. The molecule has 0 saturated heterocycles. The third kappa shape index (κ3) is 1.23. The second-order valence-corrected chi connectivity index (χ2v) is 4.58. The molecule has 98 valence electrons. The van der Waals surface area contributed by atoms with Gasteiger partial charge in [-0.2, -0.15) is 0 Å². The van der Waals surface area contributed by atoms with Crippen molar-refractivity contribution in [2.75, 3.05) is 0 Å². The number of carbonyl (C=O) groups excluding carboxylic acids is 3. The minimum atomic E-state index is -1.30. The normalized spacial score (nSPS) is 19.9. The Labute approximate surface area is 111 Å². The smallest absolute Gasteiger partial charge is 0.346 e. The molecule has 1 atom stereocenters. The maximum Gasteiger partial charge on any atom is 0.346 e. The minimum absolute atomic E-state index is 0.116. The molecular weight excluding hydrogens is 264 g/mol. The Balaban J connectivity index is 2.11. The Hall–Kier alpha value is -2.73. The first-order chi connectivity index (χ1) is 9.56. The van der Waals surface area contributed by atoms with E-state index in [0.717, 1.165) is 0 Å². The van der Waals surface area contributed by atoms with Crippen LogP contribution in [0.3, 0.4) is 0 Å². The summed E-state index contributed by atoms with van der Waals surface area (Å²) in [5.41, 5.74) is 0.851. The lowest BCUT2D eigenvalue weighted by Gasteiger charge is -2.04. The summed E-state index contributed by atoms with van der Waals surface area (Å²) in [7, 11) is 0. The van der Waals surface area contributed by atoms with Crippen LogP contribution in [0.4, 0.5) is 0 Å². The van der Waals surface area contributed by atoms with Crippen molar-refractivity contribution in [2.45, 2.75) is 6.29 Å². The number of benzene rings is 2. The predicted octanol–water partition coefficient (Wildman–Crippen LogP) is 1.31. The molecule has 0 radical (unpaired) electrons. The average molecular weight is 270 g/mol. The maximum absolute atomic E-state index is 11.8. The summed E-state index contributed by atoms with van der Waals surface area (Å²) in [6, 6.07) is 6.13. The van der Waals surface area contributed by atoms with E-state index in [4.69, 9.17) is 4.74 Å². The molecule has 6 heteroatoms. The minimum Gasteiger partial charge on any atom is -0.428 e. The van der Waals surface area contributed by atoms with E-state index in [2.05, 4.69) is 4.74 Å². The molecule has 6 nitrogen and oxygen atoms in total. The molecule has 4 rings (SSSR count). The number of hydrogen-bond acceptors (Lipinski definition) is 6. The third-order valence-corrected chi connectivity index (χ3v) is 3.50. The van der Waals surface area contributed by atoms with Crippen LogP contribution in [0, 0.1) is 0 Å². The van der Waals surface area contributed by atoms with Crippen molar-refractivity contribution in [3.8, 4) is 0 Å². The molecule has 2 aliphatic heterocycles. The second kappa shape index (κ2) is 3.43. The summed E-state index contributed by atoms with van der Waals surface area (Å²) in [6.07, 6.45) is -1.30. The van der Waals surface area contributed by atoms with Crippen LogP contribution in [0.25, 0.3) is 10.8 Å². The molecule has 20 heavy (non-hydrogen) atoms. The van der Waals surface area contributed by atoms with Crippen molar-refractivity contribution in [1.29, 1.82) is 0 Å². The maximum atomic E-state index is 11.8. The summed E-state index contributed by atoms with van der Waals surface area (Å²) in [5.74, 6) is -2.10. The van der Waals surface area contributed by atoms with Gasteiger partial charge in [0.1, 0.15) is 0 Å². The van der Waals surface area contributed by atoms with Crippen molar-refractivity contribution >= 4 is 28.7 Å². The molecule has 0 spiro atoms. The van der Waals surface area contributed by atoms with Gasteiger partial charge in [-0.05, 0) is 22.9 Å². The molecule has 1 unspecified atom stereocenters. The molecule has 2 aromatic rings. The number of hydrogen-bond donors (Lipinski definition) is 1. The van der Waals surface area contributed by atoms with Crippen LogP contribution in [0.15, 0.2) is 24.3 Å². The number of aliphatic hydroxyl groups excluding tert-OH is 1. The van der Waals surface area contributed by atoms with Crippen LogP contribution in [0.2, 0.25) is 0 Å². The monoisotopic (exact) mass is 270 g/mol. The van der Waals surface area contributed by atoms with Gasteiger partial charge in [0.2, 0.25) is 6.29 Å². The molecule has 2 heterocycles. The van der Waals surface area contributed by atoms with Gasteiger partial charge in [0, 0.05) is 5.56 Å². The van der Waals surface area contributed by atoms with Crippen molar-refractivity contribution in [3.63, 3.8) is 0 Å². The molecule has 2 aliphatic rings. The van der Waals surface area contributed by atoms with Crippen molar-refractivity contribution in [2.24, 2.45) is 0 Å². The van der Waals surface area contributed by atoms with Crippen molar-refractivity contribution < 1.29 is 29.0 Å². The number of carbonyl (C=O) groups is 3. The van der Waals surface area contributed by atoms with Gasteiger partial charge in [0.05, 0.1) is 16.7 Å². The highest BCUT2D eigenvalue weighted by molar-refractivity contribution is 6.19. The quantitative estimate of drug-likeness (QED) is 0.573. The Morgan fingerprint density at radius 2 is 1.65 bits per heavy atom. The Bertz CT molecular complexity index is 835. The van der Waals surface area contributed by atoms with Crippen LogP contribution in [-0.2, 0) is 9.47 Å². The molecule has 1 N–H and O–H groups in total. The van der Waals surface area contributed by atoms with Gasteiger partial charge in [-0.25, -0.2) is 14.4 Å². The highest BCUT2D eigenvalue weighted by Gasteiger charge is 2.34. The lowest BCUT2D eigenvalue weighted by molar-refractivity contribution is -0.0547. The summed E-state index contributed by atoms with van der Waals surface area (Å²) >= 11 is 0. The van der Waals surface area contributed by atoms with Crippen molar-refractivity contribution in [3.05, 3.63) is 46.5 Å². The largest absolute Gasteiger partial charge is 0.428 e. The van der Waals surface area contributed by atoms with E-state index in [1.54, 1.807) is 12.1 Å². The Kier molecular flexibility index (Phi) is 1.91. The lowest BCUT2D eigenvalue weighted by Crippen LogP contribution is -1.98. The van der Waals surface area contributed by atoms with E-state index in [-0.39, 0.29) is 16.7 Å². The molecule has 0 amide bonds. The zero-order valence-electron chi connectivity index (χ0n) is 9.88. The first-order valence-corrected chi connectivity index (χ1v) is 5.82. The molecule has 0 fully saturated rings. The van der Waals surface area contributed by atoms with E-state index in [9.17, 15) is 19.5 Å². The van der Waals surface area contributed by atoms with Crippen LogP contribution < -0.4 is 0 Å². The number of fused-ring (bicyclic) bond motifs is 4. The second-order valence-electron chi connectivity index (χ2n) is 4.58. The zero-order valence-corrected chi connectivity index (χ0v) is 9.88. The SMILES string of the molecule is O=C1OC(=O)c2cc3c4c(ccc3cc21)C(O)OC4=O. The topological polar surface area (TPSA) is 89.9 Å². The molecule has 2 aromatic carbocycles. The van der Waals surface area contributed by atoms with Crippen LogP contribution in [-0.4, -0.2) is 23.0 Å². The van der Waals surface area contributed by atoms with Crippen LogP contribution in [0.1, 0.15) is 42.9 Å². The first kappa shape index (κ1) is 11.1. The highest BCUT2D eigenvalue weighted by atomic mass is 16.6. The van der Waals surface area contributed by atoms with Gasteiger partial charge in [0.25, 0.3) is 0 Å². The fourth-order valence-electron chi connectivity index (χ4n) is 2.58. The number of rotatable bonds is 0. The first-order valence-electron chi connectivity index (χ1n) is 5.82. The van der Waals surface area contributed by atoms with Crippen molar-refractivity contribution in [1.82, 2.24) is 0 Å². The van der Waals surface area contributed by atoms with Gasteiger partial charge in [0.15, 0.2) is 0 Å². The van der Waals surface area contributed by atoms with E-state index >= 15 is 0 Å². The van der Waals surface area contributed by atoms with E-state index in [1.807, 2.05) is 0 Å². The zero-order chi connectivity index (χ0) is 14.0. The highest BCUT2D eigenvalue weighted by Crippen LogP contribution is 2.36. The van der Waals surface area contributed by atoms with Gasteiger partial charge >= 0.3 is 17.9 Å². The molecular formula is C14H6O6. The molecule has 0 bridgehead atoms. The summed E-state index contributed by atoms with van der Waals surface area (Å²) < 4.78 is 9.27. The molecule has 0 aromatic heterocycles. The summed E-state index contributed by atoms with van der Waals surface area (Å²) in [6.45, 7) is 0. The standard InChI is InChI=1S/C14H6O6/c15-11-6-2-1-5-3-8-9(13(17)19-12(8)16)4-7(5)10(6)14(18)20-11/h1-4,11,15H. The fourth-order valence-corrected chi connectivity index (χ4v) is 2.58. The Morgan fingerprint density at radius 3 is 2.40 bits per heavy atom. The summed E-state index contributed by atoms with van der Waals surface area (Å²) in [5, 5.41) is 10.7. The predicted molar refractivity (Wildman–Crippen MR) is 64.1 cm³/mol. The summed E-state index contributed by atoms with van der Waals surface area (Å²) in [4.78, 5) is 34.8. The molecule has 0 saturated carbocycles. The fraction of sp³-hybridized carbons (Fsp3) is 0.0714. The average Bonchev–Trinajstić information content (AvgIpc) is 2.86. The van der Waals surface area contributed by atoms with E-state index in [1.165, 1.54) is 12.1 Å². The van der Waals surface area contributed by atoms with Gasteiger partial charge in [-0.1, -0.05) is 12.1 Å². The van der Waals surface area contributed by atoms with Gasteiger partial charge in [-0.3, -0.25) is 0 Å². The number of aliphatic hydroxyl groups is 1.